The maximum atomic E-state index is 12.0. The van der Waals surface area contributed by atoms with Crippen LogP contribution in [0.5, 0.6) is 0 Å². The summed E-state index contributed by atoms with van der Waals surface area (Å²) in [7, 11) is 0. The fourth-order valence-corrected chi connectivity index (χ4v) is 2.01. The van der Waals surface area contributed by atoms with Crippen molar-refractivity contribution in [2.75, 3.05) is 0 Å². The standard InChI is InChI=1S/C13H11BrO2/c1-9-11(6-7-16-9)13(15)8-10-4-2-3-5-12(10)14/h2-7H,8H2,1H3. The Hall–Kier alpha value is -1.35. The first kappa shape index (κ1) is 11.1. The van der Waals surface area contributed by atoms with Gasteiger partial charge in [0.2, 0.25) is 0 Å². The molecular weight excluding hydrogens is 268 g/mol. The second-order valence-corrected chi connectivity index (χ2v) is 4.44. The zero-order chi connectivity index (χ0) is 11.5. The number of furan rings is 1. The molecule has 0 spiro atoms. The zero-order valence-corrected chi connectivity index (χ0v) is 10.5. The Bertz CT molecular complexity index is 514. The molecule has 0 atom stereocenters. The number of halogens is 1. The van der Waals surface area contributed by atoms with E-state index in [2.05, 4.69) is 15.9 Å². The summed E-state index contributed by atoms with van der Waals surface area (Å²) in [5, 5.41) is 0. The molecule has 0 N–H and O–H groups in total. The summed E-state index contributed by atoms with van der Waals surface area (Å²) in [6.45, 7) is 1.80. The molecular formula is C13H11BrO2. The van der Waals surface area contributed by atoms with Crippen LogP contribution in [-0.2, 0) is 6.42 Å². The van der Waals surface area contributed by atoms with Crippen molar-refractivity contribution in [3.63, 3.8) is 0 Å². The smallest absolute Gasteiger partial charge is 0.170 e. The normalized spacial score (nSPS) is 10.4. The fraction of sp³-hybridized carbons (Fsp3) is 0.154. The number of rotatable bonds is 3. The molecule has 0 aliphatic carbocycles. The summed E-state index contributed by atoms with van der Waals surface area (Å²) >= 11 is 3.43. The number of benzene rings is 1. The third kappa shape index (κ3) is 2.25. The van der Waals surface area contributed by atoms with Crippen LogP contribution in [0.15, 0.2) is 45.5 Å². The highest BCUT2D eigenvalue weighted by atomic mass is 79.9. The number of ketones is 1. The van der Waals surface area contributed by atoms with Crippen LogP contribution in [0.1, 0.15) is 21.7 Å². The van der Waals surface area contributed by atoms with Gasteiger partial charge in [-0.05, 0) is 24.6 Å². The van der Waals surface area contributed by atoms with E-state index in [0.717, 1.165) is 10.0 Å². The van der Waals surface area contributed by atoms with Crippen LogP contribution in [0.25, 0.3) is 0 Å². The molecule has 0 saturated carbocycles. The van der Waals surface area contributed by atoms with Gasteiger partial charge in [-0.1, -0.05) is 34.1 Å². The van der Waals surface area contributed by atoms with Crippen LogP contribution in [0, 0.1) is 6.92 Å². The molecule has 82 valence electrons. The monoisotopic (exact) mass is 278 g/mol. The van der Waals surface area contributed by atoms with E-state index in [1.807, 2.05) is 24.3 Å². The minimum Gasteiger partial charge on any atom is -0.469 e. The molecule has 0 aliphatic rings. The average Bonchev–Trinajstić information content (AvgIpc) is 2.68. The molecule has 0 fully saturated rings. The van der Waals surface area contributed by atoms with Crippen molar-refractivity contribution in [2.24, 2.45) is 0 Å². The number of hydrogen-bond donors (Lipinski definition) is 0. The van der Waals surface area contributed by atoms with Gasteiger partial charge in [-0.15, -0.1) is 0 Å². The van der Waals surface area contributed by atoms with E-state index in [9.17, 15) is 4.79 Å². The summed E-state index contributed by atoms with van der Waals surface area (Å²) in [4.78, 5) is 12.0. The summed E-state index contributed by atoms with van der Waals surface area (Å²) in [6.07, 6.45) is 1.93. The van der Waals surface area contributed by atoms with Gasteiger partial charge < -0.3 is 4.42 Å². The Balaban J connectivity index is 2.21. The van der Waals surface area contributed by atoms with E-state index in [1.165, 1.54) is 0 Å². The van der Waals surface area contributed by atoms with Crippen LogP contribution in [0.2, 0.25) is 0 Å². The quantitative estimate of drug-likeness (QED) is 0.800. The van der Waals surface area contributed by atoms with E-state index in [4.69, 9.17) is 4.42 Å². The second kappa shape index (κ2) is 4.66. The summed E-state index contributed by atoms with van der Waals surface area (Å²) in [5.74, 6) is 0.759. The lowest BCUT2D eigenvalue weighted by molar-refractivity contribution is 0.0991. The molecule has 0 saturated heterocycles. The van der Waals surface area contributed by atoms with Crippen molar-refractivity contribution >= 4 is 21.7 Å². The number of Topliss-reactive ketones (excluding diaryl/α,β-unsaturated/α-hetero) is 1. The van der Waals surface area contributed by atoms with Crippen molar-refractivity contribution in [2.45, 2.75) is 13.3 Å². The van der Waals surface area contributed by atoms with Crippen molar-refractivity contribution in [1.29, 1.82) is 0 Å². The van der Waals surface area contributed by atoms with Crippen LogP contribution in [-0.4, -0.2) is 5.78 Å². The molecule has 0 aliphatic heterocycles. The molecule has 1 heterocycles. The Morgan fingerprint density at radius 3 is 2.69 bits per heavy atom. The predicted octanol–water partition coefficient (Wildman–Crippen LogP) is 3.78. The maximum absolute atomic E-state index is 12.0. The van der Waals surface area contributed by atoms with Gasteiger partial charge in [0.15, 0.2) is 5.78 Å². The molecule has 3 heteroatoms. The topological polar surface area (TPSA) is 30.2 Å². The van der Waals surface area contributed by atoms with Crippen molar-refractivity contribution in [1.82, 2.24) is 0 Å². The number of carbonyl (C=O) groups excluding carboxylic acids is 1. The fourth-order valence-electron chi connectivity index (χ4n) is 1.58. The van der Waals surface area contributed by atoms with Gasteiger partial charge in [0.25, 0.3) is 0 Å². The van der Waals surface area contributed by atoms with Gasteiger partial charge in [0, 0.05) is 10.9 Å². The highest BCUT2D eigenvalue weighted by molar-refractivity contribution is 9.10. The second-order valence-electron chi connectivity index (χ2n) is 3.58. The molecule has 1 aromatic carbocycles. The number of aryl methyl sites for hydroxylation is 1. The van der Waals surface area contributed by atoms with E-state index in [0.29, 0.717) is 17.7 Å². The number of hydrogen-bond acceptors (Lipinski definition) is 2. The first-order valence-electron chi connectivity index (χ1n) is 4.99. The van der Waals surface area contributed by atoms with Gasteiger partial charge in [-0.2, -0.15) is 0 Å². The minimum atomic E-state index is 0.0816. The predicted molar refractivity (Wildman–Crippen MR) is 65.6 cm³/mol. The summed E-state index contributed by atoms with van der Waals surface area (Å²) in [6, 6.07) is 9.45. The highest BCUT2D eigenvalue weighted by Gasteiger charge is 2.13. The average molecular weight is 279 g/mol. The SMILES string of the molecule is Cc1occc1C(=O)Cc1ccccc1Br. The minimum absolute atomic E-state index is 0.0816. The summed E-state index contributed by atoms with van der Waals surface area (Å²) < 4.78 is 6.08. The van der Waals surface area contributed by atoms with Crippen LogP contribution < -0.4 is 0 Å². The zero-order valence-electron chi connectivity index (χ0n) is 8.87. The first-order valence-corrected chi connectivity index (χ1v) is 5.78. The molecule has 0 amide bonds. The molecule has 0 radical (unpaired) electrons. The van der Waals surface area contributed by atoms with Crippen LogP contribution in [0.3, 0.4) is 0 Å². The third-order valence-electron chi connectivity index (χ3n) is 2.47. The van der Waals surface area contributed by atoms with Gasteiger partial charge in [0.05, 0.1) is 11.8 Å². The Kier molecular flexibility index (Phi) is 3.25. The highest BCUT2D eigenvalue weighted by Crippen LogP contribution is 2.19. The molecule has 2 aromatic rings. The van der Waals surface area contributed by atoms with Crippen LogP contribution >= 0.6 is 15.9 Å². The van der Waals surface area contributed by atoms with Gasteiger partial charge in [0.1, 0.15) is 5.76 Å². The van der Waals surface area contributed by atoms with E-state index >= 15 is 0 Å². The lowest BCUT2D eigenvalue weighted by Crippen LogP contribution is -2.04. The maximum Gasteiger partial charge on any atom is 0.170 e. The Morgan fingerprint density at radius 2 is 2.06 bits per heavy atom. The number of carbonyl (C=O) groups is 1. The summed E-state index contributed by atoms with van der Waals surface area (Å²) in [5.41, 5.74) is 1.66. The molecule has 16 heavy (non-hydrogen) atoms. The van der Waals surface area contributed by atoms with Crippen molar-refractivity contribution < 1.29 is 9.21 Å². The molecule has 2 rings (SSSR count). The molecule has 0 unspecified atom stereocenters. The molecule has 2 nitrogen and oxygen atoms in total. The van der Waals surface area contributed by atoms with Gasteiger partial charge >= 0.3 is 0 Å². The third-order valence-corrected chi connectivity index (χ3v) is 3.24. The largest absolute Gasteiger partial charge is 0.469 e. The van der Waals surface area contributed by atoms with Crippen LogP contribution in [0.4, 0.5) is 0 Å². The van der Waals surface area contributed by atoms with E-state index in [1.54, 1.807) is 19.3 Å². The Morgan fingerprint density at radius 1 is 1.31 bits per heavy atom. The van der Waals surface area contributed by atoms with Gasteiger partial charge in [-0.25, -0.2) is 0 Å². The van der Waals surface area contributed by atoms with E-state index < -0.39 is 0 Å². The Labute approximate surface area is 102 Å². The van der Waals surface area contributed by atoms with Gasteiger partial charge in [-0.3, -0.25) is 4.79 Å². The first-order chi connectivity index (χ1) is 7.68. The molecule has 1 aromatic heterocycles. The van der Waals surface area contributed by atoms with Crippen molar-refractivity contribution in [3.8, 4) is 0 Å². The van der Waals surface area contributed by atoms with E-state index in [-0.39, 0.29) is 5.78 Å². The van der Waals surface area contributed by atoms with Crippen molar-refractivity contribution in [3.05, 3.63) is 58.0 Å². The lowest BCUT2D eigenvalue weighted by atomic mass is 10.0. The molecule has 0 bridgehead atoms. The lowest BCUT2D eigenvalue weighted by Gasteiger charge is -2.02.